The van der Waals surface area contributed by atoms with Gasteiger partial charge < -0.3 is 10.5 Å². The van der Waals surface area contributed by atoms with Gasteiger partial charge in [-0.05, 0) is 27.2 Å². The third-order valence-electron chi connectivity index (χ3n) is 4.36. The number of halogens is 1. The first-order valence-electron chi connectivity index (χ1n) is 8.94. The summed E-state index contributed by atoms with van der Waals surface area (Å²) in [4.78, 5) is 11.4. The number of unbranched alkanes of at least 4 members (excludes halogenated alkanes) is 7. The maximum Gasteiger partial charge on any atom is 0.330 e. The van der Waals surface area contributed by atoms with Crippen LogP contribution in [0, 0.1) is 5.92 Å². The molecule has 0 saturated carbocycles. The third kappa shape index (κ3) is 12.7. The van der Waals surface area contributed by atoms with E-state index in [4.69, 9.17) is 10.5 Å². The standard InChI is InChI=1S/C19H37NO2.BrH/c1-6-8-9-10-11-12-13-14-15-17(19(4,5)20)16(3)22-18(21)7-2;/h7,16-17H,2,6,8-15,20H2,1,3-5H3;1H. The Morgan fingerprint density at radius 2 is 1.61 bits per heavy atom. The van der Waals surface area contributed by atoms with Crippen molar-refractivity contribution in [3.05, 3.63) is 12.7 Å². The zero-order valence-electron chi connectivity index (χ0n) is 15.6. The summed E-state index contributed by atoms with van der Waals surface area (Å²) in [5, 5.41) is 0. The fraction of sp³-hybridized carbons (Fsp3) is 0.842. The van der Waals surface area contributed by atoms with Crippen LogP contribution in [0.1, 0.15) is 85.5 Å². The van der Waals surface area contributed by atoms with Crippen LogP contribution in [0.3, 0.4) is 0 Å². The first-order valence-corrected chi connectivity index (χ1v) is 8.94. The van der Waals surface area contributed by atoms with E-state index in [0.29, 0.717) is 0 Å². The fourth-order valence-electron chi connectivity index (χ4n) is 3.02. The second-order valence-corrected chi connectivity index (χ2v) is 7.04. The predicted octanol–water partition coefficient (Wildman–Crippen LogP) is 5.57. The van der Waals surface area contributed by atoms with E-state index in [9.17, 15) is 4.79 Å². The fourth-order valence-corrected chi connectivity index (χ4v) is 3.02. The van der Waals surface area contributed by atoms with Gasteiger partial charge in [0.2, 0.25) is 0 Å². The molecule has 0 rings (SSSR count). The van der Waals surface area contributed by atoms with Crippen molar-refractivity contribution in [3.63, 3.8) is 0 Å². The zero-order chi connectivity index (χ0) is 17.0. The van der Waals surface area contributed by atoms with Crippen LogP contribution in [0.25, 0.3) is 0 Å². The van der Waals surface area contributed by atoms with E-state index >= 15 is 0 Å². The smallest absolute Gasteiger partial charge is 0.330 e. The Bertz CT molecular complexity index is 313. The number of hydrogen-bond donors (Lipinski definition) is 1. The minimum absolute atomic E-state index is 0. The van der Waals surface area contributed by atoms with Crippen molar-refractivity contribution in [2.45, 2.75) is 97.1 Å². The largest absolute Gasteiger partial charge is 0.459 e. The van der Waals surface area contributed by atoms with E-state index in [1.54, 1.807) is 0 Å². The van der Waals surface area contributed by atoms with Gasteiger partial charge >= 0.3 is 5.97 Å². The van der Waals surface area contributed by atoms with Crippen molar-refractivity contribution in [1.29, 1.82) is 0 Å². The van der Waals surface area contributed by atoms with Gasteiger partial charge in [0.1, 0.15) is 6.10 Å². The van der Waals surface area contributed by atoms with Gasteiger partial charge in [-0.3, -0.25) is 0 Å². The summed E-state index contributed by atoms with van der Waals surface area (Å²) < 4.78 is 5.37. The molecule has 4 heteroatoms. The van der Waals surface area contributed by atoms with Crippen molar-refractivity contribution in [3.8, 4) is 0 Å². The van der Waals surface area contributed by atoms with E-state index in [1.165, 1.54) is 51.0 Å². The molecule has 0 aliphatic carbocycles. The summed E-state index contributed by atoms with van der Waals surface area (Å²) in [5.41, 5.74) is 5.93. The second-order valence-electron chi connectivity index (χ2n) is 7.04. The summed E-state index contributed by atoms with van der Waals surface area (Å²) in [5.74, 6) is -0.186. The molecular weight excluding hydrogens is 354 g/mol. The molecule has 2 N–H and O–H groups in total. The average Bonchev–Trinajstić information content (AvgIpc) is 2.43. The lowest BCUT2D eigenvalue weighted by Crippen LogP contribution is -2.47. The number of rotatable bonds is 13. The molecule has 0 saturated heterocycles. The summed E-state index contributed by atoms with van der Waals surface area (Å²) in [6, 6.07) is 0. The van der Waals surface area contributed by atoms with Gasteiger partial charge in [0.05, 0.1) is 0 Å². The van der Waals surface area contributed by atoms with Crippen molar-refractivity contribution < 1.29 is 9.53 Å². The average molecular weight is 392 g/mol. The van der Waals surface area contributed by atoms with Crippen molar-refractivity contribution in [2.75, 3.05) is 0 Å². The van der Waals surface area contributed by atoms with Gasteiger partial charge in [-0.25, -0.2) is 4.79 Å². The summed E-state index contributed by atoms with van der Waals surface area (Å²) in [6.07, 6.45) is 12.4. The van der Waals surface area contributed by atoms with Gasteiger partial charge in [0.25, 0.3) is 0 Å². The zero-order valence-corrected chi connectivity index (χ0v) is 17.3. The molecule has 3 nitrogen and oxygen atoms in total. The van der Waals surface area contributed by atoms with Gasteiger partial charge in [0, 0.05) is 17.5 Å². The van der Waals surface area contributed by atoms with Crippen molar-refractivity contribution >= 4 is 23.0 Å². The van der Waals surface area contributed by atoms with Crippen LogP contribution >= 0.6 is 17.0 Å². The third-order valence-corrected chi connectivity index (χ3v) is 4.36. The lowest BCUT2D eigenvalue weighted by atomic mass is 9.80. The second kappa shape index (κ2) is 14.0. The lowest BCUT2D eigenvalue weighted by molar-refractivity contribution is -0.145. The van der Waals surface area contributed by atoms with Crippen LogP contribution in [-0.4, -0.2) is 17.6 Å². The van der Waals surface area contributed by atoms with E-state index in [2.05, 4.69) is 13.5 Å². The summed E-state index contributed by atoms with van der Waals surface area (Å²) in [6.45, 7) is 11.7. The topological polar surface area (TPSA) is 52.3 Å². The van der Waals surface area contributed by atoms with Gasteiger partial charge in [-0.1, -0.05) is 64.9 Å². The number of carbonyl (C=O) groups is 1. The molecule has 0 aromatic rings. The molecule has 0 aliphatic rings. The highest BCUT2D eigenvalue weighted by Crippen LogP contribution is 2.26. The predicted molar refractivity (Wildman–Crippen MR) is 105 cm³/mol. The Kier molecular flexibility index (Phi) is 15.2. The Labute approximate surface area is 154 Å². The van der Waals surface area contributed by atoms with E-state index in [-0.39, 0.29) is 40.5 Å². The van der Waals surface area contributed by atoms with Crippen LogP contribution in [0.2, 0.25) is 0 Å². The maximum atomic E-state index is 11.4. The van der Waals surface area contributed by atoms with E-state index in [0.717, 1.165) is 12.8 Å². The molecule has 0 bridgehead atoms. The molecule has 0 heterocycles. The number of esters is 1. The molecule has 2 atom stereocenters. The number of nitrogens with two attached hydrogens (primary N) is 1. The minimum atomic E-state index is -0.363. The van der Waals surface area contributed by atoms with Crippen LogP contribution in [0.15, 0.2) is 12.7 Å². The molecule has 23 heavy (non-hydrogen) atoms. The summed E-state index contributed by atoms with van der Waals surface area (Å²) in [7, 11) is 0. The van der Waals surface area contributed by atoms with Crippen LogP contribution in [-0.2, 0) is 9.53 Å². The monoisotopic (exact) mass is 391 g/mol. The van der Waals surface area contributed by atoms with Crippen molar-refractivity contribution in [1.82, 2.24) is 0 Å². The maximum absolute atomic E-state index is 11.4. The van der Waals surface area contributed by atoms with Gasteiger partial charge in [-0.2, -0.15) is 0 Å². The van der Waals surface area contributed by atoms with Gasteiger partial charge in [0.15, 0.2) is 0 Å². The molecule has 0 aromatic carbocycles. The van der Waals surface area contributed by atoms with E-state index in [1.807, 2.05) is 20.8 Å². The molecule has 0 radical (unpaired) electrons. The normalized spacial score (nSPS) is 13.8. The minimum Gasteiger partial charge on any atom is -0.459 e. The molecule has 2 unspecified atom stereocenters. The number of hydrogen-bond acceptors (Lipinski definition) is 3. The lowest BCUT2D eigenvalue weighted by Gasteiger charge is -2.34. The molecule has 0 amide bonds. The molecule has 0 aliphatic heterocycles. The Morgan fingerprint density at radius 3 is 2.04 bits per heavy atom. The molecule has 0 fully saturated rings. The summed E-state index contributed by atoms with van der Waals surface area (Å²) >= 11 is 0. The molecule has 0 aromatic heterocycles. The highest BCUT2D eigenvalue weighted by atomic mass is 79.9. The Morgan fingerprint density at radius 1 is 1.13 bits per heavy atom. The first-order chi connectivity index (χ1) is 10.3. The highest BCUT2D eigenvalue weighted by molar-refractivity contribution is 8.93. The van der Waals surface area contributed by atoms with Crippen LogP contribution in [0.4, 0.5) is 0 Å². The first kappa shape index (κ1) is 24.9. The molecule has 0 spiro atoms. The SMILES string of the molecule is Br.C=CC(=O)OC(C)C(CCCCCCCCCC)C(C)(C)N. The highest BCUT2D eigenvalue weighted by Gasteiger charge is 2.31. The molecular formula is C19H38BrNO2. The van der Waals surface area contributed by atoms with E-state index < -0.39 is 0 Å². The van der Waals surface area contributed by atoms with Gasteiger partial charge in [-0.15, -0.1) is 17.0 Å². The van der Waals surface area contributed by atoms with Crippen LogP contribution in [0.5, 0.6) is 0 Å². The Balaban J connectivity index is 0. The quantitative estimate of drug-likeness (QED) is 0.253. The number of carbonyl (C=O) groups excluding carboxylic acids is 1. The van der Waals surface area contributed by atoms with Crippen molar-refractivity contribution in [2.24, 2.45) is 11.7 Å². The molecule has 138 valence electrons. The van der Waals surface area contributed by atoms with Crippen LogP contribution < -0.4 is 5.73 Å². The Hall–Kier alpha value is -0.350. The number of ether oxygens (including phenoxy) is 1.